The van der Waals surface area contributed by atoms with Gasteiger partial charge in [-0.3, -0.25) is 0 Å². The maximum absolute atomic E-state index is 12.9. The van der Waals surface area contributed by atoms with Gasteiger partial charge in [0.25, 0.3) is 0 Å². The number of sulfone groups is 1. The van der Waals surface area contributed by atoms with Gasteiger partial charge in [0, 0.05) is 0 Å². The van der Waals surface area contributed by atoms with Crippen LogP contribution in [0, 0.1) is 0 Å². The molecule has 0 aliphatic heterocycles. The zero-order chi connectivity index (χ0) is 27.0. The van der Waals surface area contributed by atoms with Crippen molar-refractivity contribution in [3.8, 4) is 11.5 Å². The molecule has 0 radical (unpaired) electrons. The molecule has 0 spiro atoms. The van der Waals surface area contributed by atoms with Crippen LogP contribution in [-0.2, 0) is 19.4 Å². The highest BCUT2D eigenvalue weighted by Crippen LogP contribution is 2.38. The highest BCUT2D eigenvalue weighted by molar-refractivity contribution is 7.91. The van der Waals surface area contributed by atoms with Gasteiger partial charge in [-0.2, -0.15) is 43.9 Å². The number of benzene rings is 2. The van der Waals surface area contributed by atoms with E-state index in [9.17, 15) is 61.9 Å². The minimum atomic E-state index is -6.24. The Morgan fingerprint density at radius 2 is 0.800 bits per heavy atom. The fourth-order valence-electron chi connectivity index (χ4n) is 2.08. The van der Waals surface area contributed by atoms with Crippen LogP contribution in [0.2, 0.25) is 0 Å². The molecule has 0 fully saturated rings. The third-order valence-corrected chi connectivity index (χ3v) is 5.70. The molecule has 0 heterocycles. The molecule has 192 valence electrons. The van der Waals surface area contributed by atoms with Crippen molar-refractivity contribution < 1.29 is 71.4 Å². The first-order chi connectivity index (χ1) is 15.7. The number of hydrogen-bond donors (Lipinski definition) is 0. The summed E-state index contributed by atoms with van der Waals surface area (Å²) in [6.45, 7) is 0. The summed E-state index contributed by atoms with van der Waals surface area (Å²) in [7, 11) is -4.47. The Hall–Kier alpha value is -3.37. The van der Waals surface area contributed by atoms with E-state index in [1.54, 1.807) is 0 Å². The fraction of sp³-hybridized carbons (Fsp3) is 0.222. The van der Waals surface area contributed by atoms with E-state index in [0.29, 0.717) is 48.5 Å². The van der Waals surface area contributed by atoms with Gasteiger partial charge in [-0.1, -0.05) is 0 Å². The predicted molar refractivity (Wildman–Crippen MR) is 91.6 cm³/mol. The highest BCUT2D eigenvalue weighted by Gasteiger charge is 2.65. The fourth-order valence-corrected chi connectivity index (χ4v) is 3.34. The van der Waals surface area contributed by atoms with Gasteiger partial charge >= 0.3 is 36.1 Å². The van der Waals surface area contributed by atoms with E-state index in [0.717, 1.165) is 0 Å². The van der Waals surface area contributed by atoms with Crippen molar-refractivity contribution in [2.45, 2.75) is 34.0 Å². The van der Waals surface area contributed by atoms with Crippen LogP contribution in [0.1, 0.15) is 0 Å². The summed E-state index contributed by atoms with van der Waals surface area (Å²) in [5.41, 5.74) is 0. The SMILES string of the molecule is O=C(Oc1ccc(S(=O)(=O)c2ccc(OC(=O)C(F)(F)C(F)(F)F)cc2)cc1)C(F)(F)C(F)(F)F. The number of ether oxygens (including phenoxy) is 2. The van der Waals surface area contributed by atoms with Gasteiger partial charge in [0.05, 0.1) is 9.79 Å². The maximum atomic E-state index is 12.9. The number of carbonyl (C=O) groups is 2. The number of esters is 2. The van der Waals surface area contributed by atoms with Crippen molar-refractivity contribution >= 4 is 21.8 Å². The first kappa shape index (κ1) is 27.9. The summed E-state index contributed by atoms with van der Waals surface area (Å²) < 4.78 is 157. The molecule has 0 bridgehead atoms. The summed E-state index contributed by atoms with van der Waals surface area (Å²) in [6.07, 6.45) is -12.5. The van der Waals surface area contributed by atoms with Gasteiger partial charge in [0.2, 0.25) is 9.84 Å². The van der Waals surface area contributed by atoms with E-state index in [2.05, 4.69) is 9.47 Å². The Morgan fingerprint density at radius 1 is 0.543 bits per heavy atom. The van der Waals surface area contributed by atoms with Crippen molar-refractivity contribution in [1.82, 2.24) is 0 Å². The molecule has 6 nitrogen and oxygen atoms in total. The Labute approximate surface area is 188 Å². The molecule has 35 heavy (non-hydrogen) atoms. The maximum Gasteiger partial charge on any atom is 0.465 e. The van der Waals surface area contributed by atoms with Gasteiger partial charge in [0.15, 0.2) is 0 Å². The number of rotatable bonds is 6. The lowest BCUT2D eigenvalue weighted by Crippen LogP contribution is -2.46. The zero-order valence-corrected chi connectivity index (χ0v) is 17.1. The first-order valence-electron chi connectivity index (χ1n) is 8.50. The van der Waals surface area contributed by atoms with Crippen molar-refractivity contribution in [2.24, 2.45) is 0 Å². The topological polar surface area (TPSA) is 86.7 Å². The third-order valence-electron chi connectivity index (χ3n) is 3.91. The largest absolute Gasteiger partial charge is 0.465 e. The lowest BCUT2D eigenvalue weighted by Gasteiger charge is -2.17. The summed E-state index contributed by atoms with van der Waals surface area (Å²) >= 11 is 0. The highest BCUT2D eigenvalue weighted by atomic mass is 32.2. The number of halogens is 10. The molecule has 0 aliphatic carbocycles. The quantitative estimate of drug-likeness (QED) is 0.298. The standard InChI is InChI=1S/C18H8F10O6S/c19-15(20,17(23,24)25)13(29)33-9-1-5-11(6-2-9)35(31,32)12-7-3-10(4-8-12)34-14(30)16(21,22)18(26,27)28/h1-8H. The summed E-state index contributed by atoms with van der Waals surface area (Å²) in [5.74, 6) is -19.4. The Bertz CT molecular complexity index is 1110. The predicted octanol–water partition coefficient (Wildman–Crippen LogP) is 4.73. The van der Waals surface area contributed by atoms with E-state index in [1.165, 1.54) is 0 Å². The average Bonchev–Trinajstić information content (AvgIpc) is 2.72. The molecule has 0 saturated carbocycles. The van der Waals surface area contributed by atoms with Gasteiger partial charge < -0.3 is 9.47 Å². The second-order valence-corrected chi connectivity index (χ2v) is 8.32. The van der Waals surface area contributed by atoms with Crippen LogP contribution in [0.5, 0.6) is 11.5 Å². The van der Waals surface area contributed by atoms with Crippen LogP contribution in [-0.4, -0.2) is 44.6 Å². The van der Waals surface area contributed by atoms with Crippen LogP contribution in [0.25, 0.3) is 0 Å². The van der Waals surface area contributed by atoms with E-state index >= 15 is 0 Å². The van der Waals surface area contributed by atoms with Crippen molar-refractivity contribution in [3.05, 3.63) is 48.5 Å². The molecule has 0 N–H and O–H groups in total. The number of hydrogen-bond acceptors (Lipinski definition) is 6. The number of alkyl halides is 10. The second-order valence-electron chi connectivity index (χ2n) is 6.37. The molecule has 0 atom stereocenters. The minimum Gasteiger partial charge on any atom is -0.422 e. The van der Waals surface area contributed by atoms with Crippen LogP contribution in [0.3, 0.4) is 0 Å². The van der Waals surface area contributed by atoms with E-state index < -0.39 is 67.3 Å². The van der Waals surface area contributed by atoms with Crippen molar-refractivity contribution in [2.75, 3.05) is 0 Å². The molecule has 0 aliphatic rings. The molecule has 2 aromatic rings. The smallest absolute Gasteiger partial charge is 0.422 e. The van der Waals surface area contributed by atoms with Gasteiger partial charge in [-0.25, -0.2) is 18.0 Å². The monoisotopic (exact) mass is 542 g/mol. The lowest BCUT2D eigenvalue weighted by molar-refractivity contribution is -0.276. The average molecular weight is 542 g/mol. The normalized spacial score (nSPS) is 13.3. The molecule has 0 aromatic heterocycles. The Morgan fingerprint density at radius 3 is 1.03 bits per heavy atom. The minimum absolute atomic E-state index is 0.576. The van der Waals surface area contributed by atoms with Crippen LogP contribution in [0.4, 0.5) is 43.9 Å². The number of carbonyl (C=O) groups excluding carboxylic acids is 2. The lowest BCUT2D eigenvalue weighted by atomic mass is 10.3. The molecule has 0 saturated heterocycles. The van der Waals surface area contributed by atoms with Crippen molar-refractivity contribution in [3.63, 3.8) is 0 Å². The second kappa shape index (κ2) is 9.01. The van der Waals surface area contributed by atoms with Crippen LogP contribution >= 0.6 is 0 Å². The Kier molecular flexibility index (Phi) is 7.18. The summed E-state index contributed by atoms with van der Waals surface area (Å²) in [5, 5.41) is 0. The van der Waals surface area contributed by atoms with Crippen molar-refractivity contribution in [1.29, 1.82) is 0 Å². The molecule has 2 rings (SSSR count). The van der Waals surface area contributed by atoms with Crippen LogP contribution in [0.15, 0.2) is 58.3 Å². The van der Waals surface area contributed by atoms with E-state index in [1.807, 2.05) is 0 Å². The molecule has 0 amide bonds. The first-order valence-corrected chi connectivity index (χ1v) is 9.98. The van der Waals surface area contributed by atoms with Gasteiger partial charge in [-0.15, -0.1) is 0 Å². The third kappa shape index (κ3) is 5.66. The molecule has 0 unspecified atom stereocenters. The molecule has 2 aromatic carbocycles. The van der Waals surface area contributed by atoms with Crippen LogP contribution < -0.4 is 9.47 Å². The van der Waals surface area contributed by atoms with Gasteiger partial charge in [0.1, 0.15) is 11.5 Å². The summed E-state index contributed by atoms with van der Waals surface area (Å²) in [6, 6.07) is 4.92. The van der Waals surface area contributed by atoms with Gasteiger partial charge in [-0.05, 0) is 48.5 Å². The molecular weight excluding hydrogens is 534 g/mol. The molecular formula is C18H8F10O6S. The van der Waals surface area contributed by atoms with E-state index in [-0.39, 0.29) is 0 Å². The van der Waals surface area contributed by atoms with E-state index in [4.69, 9.17) is 0 Å². The Balaban J connectivity index is 2.18. The summed E-state index contributed by atoms with van der Waals surface area (Å²) in [4.78, 5) is 20.9. The zero-order valence-electron chi connectivity index (χ0n) is 16.3. The molecule has 17 heteroatoms.